The van der Waals surface area contributed by atoms with E-state index in [9.17, 15) is 0 Å². The molecule has 2 atom stereocenters. The number of piperidine rings is 1. The van der Waals surface area contributed by atoms with Gasteiger partial charge in [0.2, 0.25) is 0 Å². The Bertz CT molecular complexity index is 460. The van der Waals surface area contributed by atoms with Gasteiger partial charge in [0, 0.05) is 24.0 Å². The number of benzene rings is 1. The molecule has 1 aromatic carbocycles. The maximum absolute atomic E-state index is 5.69. The molecule has 0 spiro atoms. The van der Waals surface area contributed by atoms with Gasteiger partial charge in [0.25, 0.3) is 0 Å². The molecule has 2 nitrogen and oxygen atoms in total. The molecule has 2 rings (SSSR count). The van der Waals surface area contributed by atoms with Gasteiger partial charge in [0.1, 0.15) is 0 Å². The Hall–Kier alpha value is -0.380. The van der Waals surface area contributed by atoms with Crippen LogP contribution in [0.2, 0.25) is 0 Å². The fraction of sp³-hybridized carbons (Fsp3) is 0.647. The lowest BCUT2D eigenvalue weighted by Gasteiger charge is -2.46. The number of nitrogens with one attached hydrogen (secondary N) is 1. The second kappa shape index (κ2) is 6.17. The SMILES string of the molecule is COC(C)(C)CC1(C)CCNCC1c1ccccc1Br. The van der Waals surface area contributed by atoms with Gasteiger partial charge in [-0.15, -0.1) is 0 Å². The highest BCUT2D eigenvalue weighted by Crippen LogP contribution is 2.47. The molecule has 1 aliphatic heterocycles. The zero-order chi connectivity index (χ0) is 14.8. The number of rotatable bonds is 4. The van der Waals surface area contributed by atoms with Crippen LogP contribution in [-0.4, -0.2) is 25.8 Å². The summed E-state index contributed by atoms with van der Waals surface area (Å²) in [4.78, 5) is 0. The van der Waals surface area contributed by atoms with Gasteiger partial charge < -0.3 is 10.1 Å². The number of ether oxygens (including phenoxy) is 1. The average Bonchev–Trinajstić information content (AvgIpc) is 2.39. The Morgan fingerprint density at radius 1 is 1.40 bits per heavy atom. The maximum atomic E-state index is 5.69. The predicted molar refractivity (Wildman–Crippen MR) is 88.2 cm³/mol. The summed E-state index contributed by atoms with van der Waals surface area (Å²) in [6, 6.07) is 8.61. The van der Waals surface area contributed by atoms with Crippen molar-refractivity contribution in [3.8, 4) is 0 Å². The van der Waals surface area contributed by atoms with Crippen molar-refractivity contribution in [3.05, 3.63) is 34.3 Å². The minimum Gasteiger partial charge on any atom is -0.379 e. The first-order valence-corrected chi connectivity index (χ1v) is 8.18. The van der Waals surface area contributed by atoms with Crippen LogP contribution in [0.25, 0.3) is 0 Å². The molecule has 0 saturated carbocycles. The van der Waals surface area contributed by atoms with Crippen LogP contribution in [0, 0.1) is 5.41 Å². The number of hydrogen-bond acceptors (Lipinski definition) is 2. The van der Waals surface area contributed by atoms with Crippen LogP contribution in [0.3, 0.4) is 0 Å². The van der Waals surface area contributed by atoms with Crippen molar-refractivity contribution in [2.45, 2.75) is 45.1 Å². The number of hydrogen-bond donors (Lipinski definition) is 1. The third-order valence-electron chi connectivity index (χ3n) is 4.73. The molecule has 0 amide bonds. The second-order valence-electron chi connectivity index (χ2n) is 6.82. The third-order valence-corrected chi connectivity index (χ3v) is 5.45. The predicted octanol–water partition coefficient (Wildman–Crippen LogP) is 4.35. The van der Waals surface area contributed by atoms with Gasteiger partial charge in [0.05, 0.1) is 5.60 Å². The van der Waals surface area contributed by atoms with Crippen molar-refractivity contribution >= 4 is 15.9 Å². The molecule has 20 heavy (non-hydrogen) atoms. The minimum atomic E-state index is -0.0778. The van der Waals surface area contributed by atoms with Crippen molar-refractivity contribution in [1.82, 2.24) is 5.32 Å². The quantitative estimate of drug-likeness (QED) is 0.880. The van der Waals surface area contributed by atoms with Crippen LogP contribution in [-0.2, 0) is 4.74 Å². The lowest BCUT2D eigenvalue weighted by molar-refractivity contribution is -0.0296. The second-order valence-corrected chi connectivity index (χ2v) is 7.68. The molecule has 0 radical (unpaired) electrons. The van der Waals surface area contributed by atoms with E-state index in [1.165, 1.54) is 16.5 Å². The Balaban J connectivity index is 2.32. The molecule has 112 valence electrons. The fourth-order valence-corrected chi connectivity index (χ4v) is 4.10. The van der Waals surface area contributed by atoms with Crippen LogP contribution in [0.1, 0.15) is 45.1 Å². The van der Waals surface area contributed by atoms with E-state index in [0.717, 1.165) is 19.5 Å². The molecule has 0 aromatic heterocycles. The van der Waals surface area contributed by atoms with E-state index in [1.54, 1.807) is 0 Å². The molecule has 0 bridgehead atoms. The number of halogens is 1. The van der Waals surface area contributed by atoms with E-state index in [-0.39, 0.29) is 11.0 Å². The Labute approximate surface area is 131 Å². The van der Waals surface area contributed by atoms with Crippen molar-refractivity contribution < 1.29 is 4.74 Å². The van der Waals surface area contributed by atoms with Crippen molar-refractivity contribution in [1.29, 1.82) is 0 Å². The van der Waals surface area contributed by atoms with E-state index < -0.39 is 0 Å². The summed E-state index contributed by atoms with van der Waals surface area (Å²) in [6.45, 7) is 8.93. The van der Waals surface area contributed by atoms with E-state index in [2.05, 4.69) is 66.3 Å². The Morgan fingerprint density at radius 3 is 2.75 bits per heavy atom. The molecule has 1 N–H and O–H groups in total. The Morgan fingerprint density at radius 2 is 2.10 bits per heavy atom. The van der Waals surface area contributed by atoms with Gasteiger partial charge >= 0.3 is 0 Å². The molecule has 1 fully saturated rings. The Kier molecular flexibility index (Phi) is 4.93. The summed E-state index contributed by atoms with van der Waals surface area (Å²) in [6.07, 6.45) is 2.26. The molecule has 2 unspecified atom stereocenters. The number of methoxy groups -OCH3 is 1. The van der Waals surface area contributed by atoms with Crippen LogP contribution in [0.4, 0.5) is 0 Å². The van der Waals surface area contributed by atoms with Gasteiger partial charge in [-0.2, -0.15) is 0 Å². The largest absolute Gasteiger partial charge is 0.379 e. The normalized spacial score (nSPS) is 27.6. The monoisotopic (exact) mass is 339 g/mol. The van der Waals surface area contributed by atoms with E-state index in [1.807, 2.05) is 7.11 Å². The summed E-state index contributed by atoms with van der Waals surface area (Å²) in [7, 11) is 1.82. The molecule has 3 heteroatoms. The first kappa shape index (κ1) is 16.0. The van der Waals surface area contributed by atoms with Crippen LogP contribution in [0.5, 0.6) is 0 Å². The zero-order valence-electron chi connectivity index (χ0n) is 13.0. The molecular formula is C17H26BrNO. The van der Waals surface area contributed by atoms with Crippen molar-refractivity contribution in [2.24, 2.45) is 5.41 Å². The lowest BCUT2D eigenvalue weighted by atomic mass is 9.64. The summed E-state index contributed by atoms with van der Waals surface area (Å²) < 4.78 is 6.91. The maximum Gasteiger partial charge on any atom is 0.0628 e. The molecule has 0 aliphatic carbocycles. The van der Waals surface area contributed by atoms with Crippen LogP contribution in [0.15, 0.2) is 28.7 Å². The van der Waals surface area contributed by atoms with Crippen LogP contribution < -0.4 is 5.32 Å². The first-order valence-electron chi connectivity index (χ1n) is 7.38. The highest BCUT2D eigenvalue weighted by Gasteiger charge is 2.41. The van der Waals surface area contributed by atoms with Gasteiger partial charge in [-0.3, -0.25) is 0 Å². The smallest absolute Gasteiger partial charge is 0.0628 e. The summed E-state index contributed by atoms with van der Waals surface area (Å²) in [5.41, 5.74) is 1.59. The first-order chi connectivity index (χ1) is 9.38. The standard InChI is InChI=1S/C17H26BrNO/c1-16(2,20-4)12-17(3)9-10-19-11-14(17)13-7-5-6-8-15(13)18/h5-8,14,19H,9-12H2,1-4H3. The molecular weight excluding hydrogens is 314 g/mol. The van der Waals surface area contributed by atoms with E-state index >= 15 is 0 Å². The molecule has 1 saturated heterocycles. The minimum absolute atomic E-state index is 0.0778. The van der Waals surface area contributed by atoms with Gasteiger partial charge in [-0.1, -0.05) is 41.1 Å². The van der Waals surface area contributed by atoms with Gasteiger partial charge in [0.15, 0.2) is 0 Å². The van der Waals surface area contributed by atoms with Crippen molar-refractivity contribution in [2.75, 3.05) is 20.2 Å². The third kappa shape index (κ3) is 3.44. The van der Waals surface area contributed by atoms with Gasteiger partial charge in [-0.05, 0) is 50.3 Å². The van der Waals surface area contributed by atoms with E-state index in [0.29, 0.717) is 5.92 Å². The summed E-state index contributed by atoms with van der Waals surface area (Å²) in [5.74, 6) is 0.515. The molecule has 1 aromatic rings. The fourth-order valence-electron chi connectivity index (χ4n) is 3.54. The van der Waals surface area contributed by atoms with Gasteiger partial charge in [-0.25, -0.2) is 0 Å². The summed E-state index contributed by atoms with van der Waals surface area (Å²) >= 11 is 3.72. The molecule has 1 heterocycles. The lowest BCUT2D eigenvalue weighted by Crippen LogP contribution is -2.45. The average molecular weight is 340 g/mol. The van der Waals surface area contributed by atoms with Crippen LogP contribution >= 0.6 is 15.9 Å². The highest BCUT2D eigenvalue weighted by atomic mass is 79.9. The highest BCUT2D eigenvalue weighted by molar-refractivity contribution is 9.10. The van der Waals surface area contributed by atoms with E-state index in [4.69, 9.17) is 4.74 Å². The summed E-state index contributed by atoms with van der Waals surface area (Å²) in [5, 5.41) is 3.56. The van der Waals surface area contributed by atoms with Crippen molar-refractivity contribution in [3.63, 3.8) is 0 Å². The topological polar surface area (TPSA) is 21.3 Å². The zero-order valence-corrected chi connectivity index (χ0v) is 14.6. The molecule has 1 aliphatic rings.